The summed E-state index contributed by atoms with van der Waals surface area (Å²) in [4.78, 5) is 30.3. The summed E-state index contributed by atoms with van der Waals surface area (Å²) in [5.74, 6) is 0.556. The number of rotatable bonds is 11. The van der Waals surface area contributed by atoms with Crippen molar-refractivity contribution >= 4 is 17.9 Å². The lowest BCUT2D eigenvalue weighted by Crippen LogP contribution is -2.55. The Morgan fingerprint density at radius 1 is 1.12 bits per heavy atom. The molecule has 2 unspecified atom stereocenters. The summed E-state index contributed by atoms with van der Waals surface area (Å²) in [5.41, 5.74) is 2.28. The first-order chi connectivity index (χ1) is 16.5. The fourth-order valence-electron chi connectivity index (χ4n) is 3.96. The molecule has 186 valence electrons. The molecule has 2 N–H and O–H groups in total. The summed E-state index contributed by atoms with van der Waals surface area (Å²) < 4.78 is 16.9. The second kappa shape index (κ2) is 13.0. The van der Waals surface area contributed by atoms with E-state index in [1.807, 2.05) is 43.3 Å². The Bertz CT molecular complexity index is 914. The average Bonchev–Trinajstić information content (AvgIpc) is 3.24. The van der Waals surface area contributed by atoms with E-state index >= 15 is 0 Å². The Labute approximate surface area is 202 Å². The topological polar surface area (TPSA) is 92.9 Å². The number of hydrogen-bond donors (Lipinski definition) is 2. The Balaban J connectivity index is 1.59. The van der Waals surface area contributed by atoms with Crippen LogP contribution in [-0.4, -0.2) is 55.5 Å². The largest absolute Gasteiger partial charge is 0.462 e. The molecule has 0 radical (unpaired) electrons. The molecule has 1 amide bonds. The first-order valence-electron chi connectivity index (χ1n) is 12.2. The van der Waals surface area contributed by atoms with Gasteiger partial charge in [-0.1, -0.05) is 50.6 Å². The van der Waals surface area contributed by atoms with Gasteiger partial charge in [-0.15, -0.1) is 0 Å². The number of aromatic nitrogens is 1. The van der Waals surface area contributed by atoms with E-state index in [4.69, 9.17) is 14.2 Å². The van der Waals surface area contributed by atoms with Crippen LogP contribution in [0, 0.1) is 6.92 Å². The summed E-state index contributed by atoms with van der Waals surface area (Å²) in [5, 5.41) is 2.99. The molecule has 0 saturated carbocycles. The number of ether oxygens (including phenoxy) is 3. The third kappa shape index (κ3) is 7.25. The number of unbranched alkanes of at least 4 members (excludes halogenated alkanes) is 1. The summed E-state index contributed by atoms with van der Waals surface area (Å²) in [6.45, 7) is 8.56. The number of alkyl carbamates (subject to hydrolysis) is 1. The van der Waals surface area contributed by atoms with E-state index in [0.29, 0.717) is 38.3 Å². The van der Waals surface area contributed by atoms with Crippen molar-refractivity contribution in [2.75, 3.05) is 31.2 Å². The van der Waals surface area contributed by atoms with Gasteiger partial charge in [0.1, 0.15) is 12.4 Å². The van der Waals surface area contributed by atoms with Crippen LogP contribution in [0.15, 0.2) is 36.4 Å². The molecule has 2 aromatic rings. The van der Waals surface area contributed by atoms with Crippen molar-refractivity contribution < 1.29 is 23.8 Å². The van der Waals surface area contributed by atoms with Crippen molar-refractivity contribution in [1.82, 2.24) is 10.3 Å². The predicted octanol–water partition coefficient (Wildman–Crippen LogP) is 4.58. The van der Waals surface area contributed by atoms with Crippen LogP contribution in [0.4, 0.5) is 10.6 Å². The zero-order chi connectivity index (χ0) is 24.3. The molecular formula is C26H37N3O5. The van der Waals surface area contributed by atoms with Crippen molar-refractivity contribution in [1.29, 1.82) is 0 Å². The van der Waals surface area contributed by atoms with E-state index < -0.39 is 6.09 Å². The molecule has 0 aliphatic carbocycles. The maximum absolute atomic E-state index is 12.4. The smallest absolute Gasteiger partial charge is 0.407 e. The standard InChI is InChI=1S/C26H37N3O5/c1-4-6-15-33-25(30)21-16-24(27-19(21)3)29-13-12-22(23(17-29)32-14-5-2)28-26(31)34-18-20-10-8-7-9-11-20/h7-11,16,22-23,27H,4-6,12-15,17-18H2,1-3H3,(H,28,31). The molecule has 0 spiro atoms. The molecular weight excluding hydrogens is 434 g/mol. The van der Waals surface area contributed by atoms with Crippen molar-refractivity contribution in [3.05, 3.63) is 53.2 Å². The lowest BCUT2D eigenvalue weighted by Gasteiger charge is -2.39. The van der Waals surface area contributed by atoms with E-state index in [1.165, 1.54) is 0 Å². The van der Waals surface area contributed by atoms with Gasteiger partial charge in [-0.25, -0.2) is 9.59 Å². The number of piperidine rings is 1. The van der Waals surface area contributed by atoms with Gasteiger partial charge in [-0.05, 0) is 37.8 Å². The van der Waals surface area contributed by atoms with Crippen LogP contribution >= 0.6 is 0 Å². The van der Waals surface area contributed by atoms with Gasteiger partial charge < -0.3 is 29.4 Å². The highest BCUT2D eigenvalue weighted by Gasteiger charge is 2.32. The molecule has 1 saturated heterocycles. The van der Waals surface area contributed by atoms with E-state index in [1.54, 1.807) is 0 Å². The number of aryl methyl sites for hydroxylation is 1. The van der Waals surface area contributed by atoms with E-state index in [-0.39, 0.29) is 24.7 Å². The molecule has 34 heavy (non-hydrogen) atoms. The second-order valence-corrected chi connectivity index (χ2v) is 8.64. The zero-order valence-electron chi connectivity index (χ0n) is 20.5. The maximum Gasteiger partial charge on any atom is 0.407 e. The molecule has 1 aliphatic rings. The minimum atomic E-state index is -0.444. The van der Waals surface area contributed by atoms with Gasteiger partial charge in [0.2, 0.25) is 0 Å². The van der Waals surface area contributed by atoms with Crippen molar-refractivity contribution in [3.8, 4) is 0 Å². The minimum Gasteiger partial charge on any atom is -0.462 e. The number of hydrogen-bond acceptors (Lipinski definition) is 6. The van der Waals surface area contributed by atoms with Crippen LogP contribution < -0.4 is 10.2 Å². The Hall–Kier alpha value is -3.00. The Morgan fingerprint density at radius 3 is 2.65 bits per heavy atom. The summed E-state index contributed by atoms with van der Waals surface area (Å²) in [6, 6.07) is 11.3. The molecule has 2 atom stereocenters. The molecule has 1 aromatic heterocycles. The number of carbonyl (C=O) groups excluding carboxylic acids is 2. The zero-order valence-corrected chi connectivity index (χ0v) is 20.5. The number of H-pyrrole nitrogens is 1. The fraction of sp³-hybridized carbons (Fsp3) is 0.538. The third-order valence-electron chi connectivity index (χ3n) is 5.90. The number of carbonyl (C=O) groups is 2. The van der Waals surface area contributed by atoms with Gasteiger partial charge >= 0.3 is 12.1 Å². The number of nitrogens with zero attached hydrogens (tertiary/aromatic N) is 1. The van der Waals surface area contributed by atoms with E-state index in [2.05, 4.69) is 29.0 Å². The number of aromatic amines is 1. The molecule has 0 bridgehead atoms. The van der Waals surface area contributed by atoms with Gasteiger partial charge in [0.25, 0.3) is 0 Å². The van der Waals surface area contributed by atoms with Gasteiger partial charge in [0.05, 0.1) is 24.3 Å². The molecule has 8 nitrogen and oxygen atoms in total. The maximum atomic E-state index is 12.4. The van der Waals surface area contributed by atoms with Crippen molar-refractivity contribution in [3.63, 3.8) is 0 Å². The highest BCUT2D eigenvalue weighted by molar-refractivity contribution is 5.92. The average molecular weight is 472 g/mol. The summed E-state index contributed by atoms with van der Waals surface area (Å²) in [6.07, 6.45) is 2.78. The summed E-state index contributed by atoms with van der Waals surface area (Å²) in [7, 11) is 0. The predicted molar refractivity (Wildman–Crippen MR) is 131 cm³/mol. The van der Waals surface area contributed by atoms with E-state index in [9.17, 15) is 9.59 Å². The van der Waals surface area contributed by atoms with Crippen LogP contribution in [-0.2, 0) is 20.8 Å². The number of anilines is 1. The lowest BCUT2D eigenvalue weighted by molar-refractivity contribution is 0.0191. The lowest BCUT2D eigenvalue weighted by atomic mass is 10.0. The van der Waals surface area contributed by atoms with Gasteiger partial charge in [0.15, 0.2) is 0 Å². The summed E-state index contributed by atoms with van der Waals surface area (Å²) >= 11 is 0. The fourth-order valence-corrected chi connectivity index (χ4v) is 3.96. The molecule has 1 fully saturated rings. The molecule has 1 aromatic carbocycles. The number of amides is 1. The van der Waals surface area contributed by atoms with Crippen LogP contribution in [0.2, 0.25) is 0 Å². The molecule has 3 rings (SSSR count). The van der Waals surface area contributed by atoms with Crippen molar-refractivity contribution in [2.24, 2.45) is 0 Å². The Kier molecular flexibility index (Phi) is 9.82. The molecule has 8 heteroatoms. The monoisotopic (exact) mass is 471 g/mol. The third-order valence-corrected chi connectivity index (χ3v) is 5.90. The van der Waals surface area contributed by atoms with Crippen LogP contribution in [0.5, 0.6) is 0 Å². The Morgan fingerprint density at radius 2 is 1.91 bits per heavy atom. The van der Waals surface area contributed by atoms with Crippen molar-refractivity contribution in [2.45, 2.75) is 65.2 Å². The number of nitrogens with one attached hydrogen (secondary N) is 2. The SMILES string of the molecule is CCCCOC(=O)c1cc(N2CCC(NC(=O)OCc3ccccc3)C(OCCC)C2)[nH]c1C. The van der Waals surface area contributed by atoms with E-state index in [0.717, 1.165) is 36.3 Å². The highest BCUT2D eigenvalue weighted by atomic mass is 16.5. The van der Waals surface area contributed by atoms with Gasteiger partial charge in [-0.3, -0.25) is 0 Å². The van der Waals surface area contributed by atoms with Crippen LogP contribution in [0.3, 0.4) is 0 Å². The van der Waals surface area contributed by atoms with Gasteiger partial charge in [-0.2, -0.15) is 0 Å². The number of esters is 1. The number of benzene rings is 1. The van der Waals surface area contributed by atoms with Crippen LogP contribution in [0.25, 0.3) is 0 Å². The first-order valence-corrected chi connectivity index (χ1v) is 12.2. The minimum absolute atomic E-state index is 0.152. The normalized spacial score (nSPS) is 17.9. The molecule has 2 heterocycles. The van der Waals surface area contributed by atoms with Gasteiger partial charge in [0, 0.05) is 25.4 Å². The molecule has 1 aliphatic heterocycles. The van der Waals surface area contributed by atoms with Crippen LogP contribution in [0.1, 0.15) is 61.1 Å². The first kappa shape index (κ1) is 25.6. The quantitative estimate of drug-likeness (QED) is 0.368. The second-order valence-electron chi connectivity index (χ2n) is 8.64. The highest BCUT2D eigenvalue weighted by Crippen LogP contribution is 2.24.